The average Bonchev–Trinajstić information content (AvgIpc) is 3.81. The standard InChI is InChI=1S/C23H25.C20H12F9.2ClH.Zr/c1-16(2)17-10-12-19(13-11-17)22-9-5-8-20-14-21(15-23(20)22)18-6-3-4-7-18;1-11-9-13-3-2-4-15(16(13)10-11)12-5-7-14(8-6-12)17(18(21,22)23,19(24,25)26)20(27,28)29;;;/h5,8-16,18H,3-4,6-7H2,1-2H3;2-10H,1H3;2*1H;/q;;;;+2/p-2. The molecule has 2 unspecified atom stereocenters. The zero-order valence-corrected chi connectivity index (χ0v) is 34.0. The van der Waals surface area contributed by atoms with Gasteiger partial charge in [-0.2, -0.15) is 0 Å². The molecule has 1 fully saturated rings. The average molecular weight is 887 g/mol. The van der Waals surface area contributed by atoms with Crippen molar-refractivity contribution in [1.29, 1.82) is 0 Å². The third-order valence-corrected chi connectivity index (χ3v) is 16.4. The van der Waals surface area contributed by atoms with E-state index in [0.717, 1.165) is 41.7 Å². The minimum absolute atomic E-state index is 0. The van der Waals surface area contributed by atoms with Crippen LogP contribution in [0.4, 0.5) is 39.5 Å². The van der Waals surface area contributed by atoms with Crippen molar-refractivity contribution in [2.75, 3.05) is 0 Å². The summed E-state index contributed by atoms with van der Waals surface area (Å²) in [4.78, 5) is 0. The van der Waals surface area contributed by atoms with E-state index in [9.17, 15) is 39.5 Å². The largest absolute Gasteiger partial charge is 1.00 e. The third-order valence-electron chi connectivity index (χ3n) is 11.3. The van der Waals surface area contributed by atoms with Crippen LogP contribution in [0.2, 0.25) is 0 Å². The maximum absolute atomic E-state index is 13.8. The van der Waals surface area contributed by atoms with Crippen molar-refractivity contribution in [3.05, 3.63) is 129 Å². The number of fused-ring (bicyclic) bond motifs is 2. The van der Waals surface area contributed by atoms with Crippen molar-refractivity contribution in [3.8, 4) is 22.3 Å². The van der Waals surface area contributed by atoms with E-state index in [1.54, 1.807) is 6.07 Å². The number of hydrogen-bond acceptors (Lipinski definition) is 0. The Balaban J connectivity index is 0.00000290. The number of alkyl halides is 9. The molecule has 0 radical (unpaired) electrons. The van der Waals surface area contributed by atoms with Gasteiger partial charge < -0.3 is 24.8 Å². The van der Waals surface area contributed by atoms with Crippen LogP contribution in [0, 0.1) is 5.92 Å². The van der Waals surface area contributed by atoms with E-state index < -0.39 is 52.7 Å². The molecule has 3 aliphatic rings. The second-order valence-corrected chi connectivity index (χ2v) is 18.4. The molecule has 0 nitrogen and oxygen atoms in total. The normalized spacial score (nSPS) is 18.6. The molecular weight excluding hydrogens is 850 g/mol. The van der Waals surface area contributed by atoms with E-state index in [1.807, 2.05) is 18.2 Å². The summed E-state index contributed by atoms with van der Waals surface area (Å²) in [5.41, 5.74) is 3.66. The van der Waals surface area contributed by atoms with E-state index in [0.29, 0.717) is 33.2 Å². The van der Waals surface area contributed by atoms with Crippen molar-refractivity contribution >= 4 is 12.2 Å². The summed E-state index contributed by atoms with van der Waals surface area (Å²) in [6.45, 7) is 6.41. The fraction of sp³-hybridized carbons (Fsp3) is 0.349. The van der Waals surface area contributed by atoms with Crippen LogP contribution < -0.4 is 24.8 Å². The number of benzene rings is 4. The van der Waals surface area contributed by atoms with Crippen LogP contribution in [0.3, 0.4) is 0 Å². The van der Waals surface area contributed by atoms with Crippen LogP contribution in [-0.2, 0) is 28.6 Å². The second-order valence-electron chi connectivity index (χ2n) is 14.8. The first-order valence-corrected chi connectivity index (χ1v) is 20.6. The molecule has 290 valence electrons. The molecule has 55 heavy (non-hydrogen) atoms. The van der Waals surface area contributed by atoms with Gasteiger partial charge in [0.1, 0.15) is 0 Å². The molecule has 7 rings (SSSR count). The van der Waals surface area contributed by atoms with Gasteiger partial charge in [-0.15, -0.1) is 0 Å². The molecule has 0 amide bonds. The molecule has 12 heteroatoms. The Bertz CT molecular complexity index is 2030. The first-order valence-electron chi connectivity index (χ1n) is 17.8. The number of rotatable bonds is 7. The molecule has 1 saturated carbocycles. The summed E-state index contributed by atoms with van der Waals surface area (Å²) in [5, 5.41) is 0. The SMILES string of the molecule is CC1=Cc2c(-c3ccc(C(C(F)(F)F)(C(F)(F)F)C(F)(F)F)cc3)cccc2[CH]1[Zr+2][CH]1C(C2CCCC2)=Cc2c(-c3ccc(C(C)C)cc3)cccc21.[Cl-].[Cl-]. The minimum Gasteiger partial charge on any atom is -1.00 e. The van der Waals surface area contributed by atoms with Crippen LogP contribution in [-0.4, -0.2) is 18.5 Å². The van der Waals surface area contributed by atoms with Crippen molar-refractivity contribution < 1.29 is 87.6 Å². The van der Waals surface area contributed by atoms with Gasteiger partial charge in [0.15, 0.2) is 0 Å². The summed E-state index contributed by atoms with van der Waals surface area (Å²) < 4.78 is 125. The van der Waals surface area contributed by atoms with Gasteiger partial charge in [-0.3, -0.25) is 0 Å². The van der Waals surface area contributed by atoms with Crippen molar-refractivity contribution in [2.45, 2.75) is 83.6 Å². The van der Waals surface area contributed by atoms with E-state index in [-0.39, 0.29) is 34.0 Å². The Morgan fingerprint density at radius 3 is 1.51 bits per heavy atom. The quantitative estimate of drug-likeness (QED) is 0.166. The Labute approximate surface area is 339 Å². The van der Waals surface area contributed by atoms with Gasteiger partial charge in [-0.1, -0.05) is 0 Å². The number of allylic oxidation sites excluding steroid dienone is 2. The third kappa shape index (κ3) is 7.42. The Hall–Kier alpha value is -2.81. The van der Waals surface area contributed by atoms with Crippen LogP contribution >= 0.6 is 0 Å². The Morgan fingerprint density at radius 1 is 0.582 bits per heavy atom. The van der Waals surface area contributed by atoms with Gasteiger partial charge in [0.25, 0.3) is 0 Å². The smallest absolute Gasteiger partial charge is 1.00 e. The molecule has 0 aliphatic heterocycles. The predicted octanol–water partition coefficient (Wildman–Crippen LogP) is 7.95. The van der Waals surface area contributed by atoms with Crippen LogP contribution in [0.5, 0.6) is 0 Å². The van der Waals surface area contributed by atoms with Crippen molar-refractivity contribution in [1.82, 2.24) is 0 Å². The van der Waals surface area contributed by atoms with Gasteiger partial charge in [0.2, 0.25) is 0 Å². The number of halogens is 11. The van der Waals surface area contributed by atoms with Gasteiger partial charge in [-0.05, 0) is 0 Å². The van der Waals surface area contributed by atoms with E-state index in [1.165, 1.54) is 46.2 Å². The van der Waals surface area contributed by atoms with Crippen molar-refractivity contribution in [3.63, 3.8) is 0 Å². The van der Waals surface area contributed by atoms with Crippen LogP contribution in [0.15, 0.2) is 96.1 Å². The zero-order chi connectivity index (χ0) is 38.1. The second kappa shape index (κ2) is 15.9. The summed E-state index contributed by atoms with van der Waals surface area (Å²) in [7, 11) is 0. The zero-order valence-electron chi connectivity index (χ0n) is 30.0. The molecule has 0 heterocycles. The maximum Gasteiger partial charge on any atom is -1.00 e. The van der Waals surface area contributed by atoms with E-state index in [4.69, 9.17) is 0 Å². The Morgan fingerprint density at radius 2 is 1.04 bits per heavy atom. The first kappa shape index (κ1) is 43.3. The summed E-state index contributed by atoms with van der Waals surface area (Å²) in [5.74, 6) is 0.941. The van der Waals surface area contributed by atoms with Crippen molar-refractivity contribution in [2.24, 2.45) is 5.92 Å². The molecule has 0 N–H and O–H groups in total. The molecule has 3 aliphatic carbocycles. The van der Waals surface area contributed by atoms with Gasteiger partial charge >= 0.3 is 316 Å². The molecule has 0 saturated heterocycles. The van der Waals surface area contributed by atoms with E-state index in [2.05, 4.69) is 69.3 Å². The molecule has 4 aromatic rings. The minimum atomic E-state index is -6.67. The van der Waals surface area contributed by atoms with Crippen LogP contribution in [0.1, 0.15) is 93.0 Å². The number of hydrogen-bond donors (Lipinski definition) is 0. The molecular formula is C43H37Cl2F9Zr. The molecule has 0 aromatic heterocycles. The topological polar surface area (TPSA) is 0 Å². The molecule has 4 aromatic carbocycles. The maximum atomic E-state index is 13.8. The predicted molar refractivity (Wildman–Crippen MR) is 187 cm³/mol. The summed E-state index contributed by atoms with van der Waals surface area (Å²) in [6.07, 6.45) is -10.8. The summed E-state index contributed by atoms with van der Waals surface area (Å²) >= 11 is -1.37. The first-order chi connectivity index (χ1) is 24.9. The van der Waals surface area contributed by atoms with E-state index >= 15 is 0 Å². The molecule has 0 spiro atoms. The molecule has 0 bridgehead atoms. The monoisotopic (exact) mass is 884 g/mol. The van der Waals surface area contributed by atoms with Gasteiger partial charge in [0.05, 0.1) is 0 Å². The molecule has 2 atom stereocenters. The fourth-order valence-corrected chi connectivity index (χ4v) is 13.6. The van der Waals surface area contributed by atoms with Gasteiger partial charge in [0, 0.05) is 0 Å². The fourth-order valence-electron chi connectivity index (χ4n) is 8.59. The Kier molecular flexibility index (Phi) is 12.5. The summed E-state index contributed by atoms with van der Waals surface area (Å²) in [6, 6.07) is 23.4. The van der Waals surface area contributed by atoms with Crippen LogP contribution in [0.25, 0.3) is 34.4 Å². The van der Waals surface area contributed by atoms with Gasteiger partial charge in [-0.25, -0.2) is 0 Å².